The maximum atomic E-state index is 5.51. The van der Waals surface area contributed by atoms with Crippen LogP contribution in [0.1, 0.15) is 5.89 Å². The van der Waals surface area contributed by atoms with Gasteiger partial charge in [0.05, 0.1) is 6.54 Å². The van der Waals surface area contributed by atoms with Crippen LogP contribution in [-0.4, -0.2) is 75.8 Å². The van der Waals surface area contributed by atoms with Gasteiger partial charge < -0.3 is 14.3 Å². The van der Waals surface area contributed by atoms with Crippen molar-refractivity contribution < 1.29 is 4.52 Å². The first kappa shape index (κ1) is 19.3. The molecule has 2 fully saturated rings. The second kappa shape index (κ2) is 9.01. The van der Waals surface area contributed by atoms with Gasteiger partial charge in [0.1, 0.15) is 11.6 Å². The molecule has 0 aromatic carbocycles. The molecule has 5 heterocycles. The van der Waals surface area contributed by atoms with E-state index in [9.17, 15) is 0 Å². The summed E-state index contributed by atoms with van der Waals surface area (Å²) in [7, 11) is 0. The van der Waals surface area contributed by atoms with Crippen LogP contribution in [0.3, 0.4) is 0 Å². The van der Waals surface area contributed by atoms with Gasteiger partial charge in [-0.05, 0) is 24.3 Å². The first-order chi connectivity index (χ1) is 14.8. The van der Waals surface area contributed by atoms with Gasteiger partial charge >= 0.3 is 0 Å². The quantitative estimate of drug-likeness (QED) is 0.615. The predicted molar refractivity (Wildman–Crippen MR) is 119 cm³/mol. The van der Waals surface area contributed by atoms with E-state index >= 15 is 0 Å². The van der Waals surface area contributed by atoms with Gasteiger partial charge in [-0.2, -0.15) is 16.7 Å². The third-order valence-corrected chi connectivity index (χ3v) is 6.46. The highest BCUT2D eigenvalue weighted by atomic mass is 32.2. The molecule has 2 aliphatic heterocycles. The van der Waals surface area contributed by atoms with Gasteiger partial charge in [-0.1, -0.05) is 11.2 Å². The maximum Gasteiger partial charge on any atom is 0.241 e. The lowest BCUT2D eigenvalue weighted by atomic mass is 10.2. The molecule has 0 radical (unpaired) electrons. The molecule has 0 N–H and O–H groups in total. The average molecular weight is 424 g/mol. The molecule has 9 heteroatoms. The van der Waals surface area contributed by atoms with Crippen molar-refractivity contribution in [1.29, 1.82) is 0 Å². The Hall–Kier alpha value is -2.65. The Morgan fingerprint density at radius 2 is 1.67 bits per heavy atom. The summed E-state index contributed by atoms with van der Waals surface area (Å²) in [5.74, 6) is 5.63. The zero-order chi connectivity index (χ0) is 20.2. The molecule has 0 aliphatic carbocycles. The van der Waals surface area contributed by atoms with Crippen LogP contribution >= 0.6 is 11.8 Å². The Kier molecular flexibility index (Phi) is 5.80. The number of pyridine rings is 2. The van der Waals surface area contributed by atoms with Crippen LogP contribution in [0, 0.1) is 0 Å². The van der Waals surface area contributed by atoms with Crippen molar-refractivity contribution in [3.05, 3.63) is 48.6 Å². The fraction of sp³-hybridized carbons (Fsp3) is 0.429. The van der Waals surface area contributed by atoms with Crippen LogP contribution in [-0.2, 0) is 6.54 Å². The molecule has 0 bridgehead atoms. The smallest absolute Gasteiger partial charge is 0.241 e. The van der Waals surface area contributed by atoms with Crippen LogP contribution in [0.2, 0.25) is 0 Å². The average Bonchev–Trinajstić information content (AvgIpc) is 3.29. The zero-order valence-corrected chi connectivity index (χ0v) is 17.7. The van der Waals surface area contributed by atoms with Gasteiger partial charge in [0, 0.05) is 68.7 Å². The van der Waals surface area contributed by atoms with E-state index in [0.717, 1.165) is 68.0 Å². The molecule has 5 rings (SSSR count). The summed E-state index contributed by atoms with van der Waals surface area (Å²) in [5, 5.41) is 4.17. The van der Waals surface area contributed by atoms with Crippen LogP contribution < -0.4 is 9.80 Å². The summed E-state index contributed by atoms with van der Waals surface area (Å²) in [6.45, 7) is 6.54. The molecule has 3 aromatic heterocycles. The molecule has 156 valence electrons. The summed E-state index contributed by atoms with van der Waals surface area (Å²) >= 11 is 2.00. The number of rotatable bonds is 5. The highest BCUT2D eigenvalue weighted by Crippen LogP contribution is 2.21. The molecular weight excluding hydrogens is 398 g/mol. The highest BCUT2D eigenvalue weighted by Gasteiger charge is 2.20. The van der Waals surface area contributed by atoms with E-state index in [1.54, 1.807) is 0 Å². The highest BCUT2D eigenvalue weighted by molar-refractivity contribution is 7.99. The second-order valence-corrected chi connectivity index (χ2v) is 8.69. The summed E-state index contributed by atoms with van der Waals surface area (Å²) in [5.41, 5.74) is 0.889. The van der Waals surface area contributed by atoms with Gasteiger partial charge in [-0.25, -0.2) is 9.97 Å². The Morgan fingerprint density at radius 1 is 0.867 bits per heavy atom. The summed E-state index contributed by atoms with van der Waals surface area (Å²) < 4.78 is 5.51. The minimum absolute atomic E-state index is 0.602. The van der Waals surface area contributed by atoms with Gasteiger partial charge in [0.2, 0.25) is 11.7 Å². The molecule has 0 unspecified atom stereocenters. The number of piperazine rings is 1. The van der Waals surface area contributed by atoms with Crippen molar-refractivity contribution in [1.82, 2.24) is 25.0 Å². The lowest BCUT2D eigenvalue weighted by Gasteiger charge is -2.34. The molecule has 8 nitrogen and oxygen atoms in total. The van der Waals surface area contributed by atoms with E-state index in [4.69, 9.17) is 4.52 Å². The second-order valence-electron chi connectivity index (χ2n) is 7.47. The molecule has 2 saturated heterocycles. The van der Waals surface area contributed by atoms with E-state index in [2.05, 4.69) is 46.9 Å². The molecular formula is C21H25N7OS. The molecule has 0 atom stereocenters. The monoisotopic (exact) mass is 423 g/mol. The van der Waals surface area contributed by atoms with Gasteiger partial charge in [0.25, 0.3) is 0 Å². The van der Waals surface area contributed by atoms with Gasteiger partial charge in [0.15, 0.2) is 0 Å². The van der Waals surface area contributed by atoms with Crippen LogP contribution in [0.5, 0.6) is 0 Å². The van der Waals surface area contributed by atoms with Crippen molar-refractivity contribution in [3.63, 3.8) is 0 Å². The maximum absolute atomic E-state index is 5.51. The van der Waals surface area contributed by atoms with Crippen molar-refractivity contribution >= 4 is 23.4 Å². The molecule has 2 aliphatic rings. The Balaban J connectivity index is 1.17. The van der Waals surface area contributed by atoms with Crippen molar-refractivity contribution in [3.8, 4) is 11.4 Å². The summed E-state index contributed by atoms with van der Waals surface area (Å²) in [6.07, 6.45) is 3.69. The lowest BCUT2D eigenvalue weighted by molar-refractivity contribution is 0.215. The van der Waals surface area contributed by atoms with Crippen molar-refractivity contribution in [2.24, 2.45) is 0 Å². The first-order valence-corrected chi connectivity index (χ1v) is 11.5. The normalized spacial score (nSPS) is 18.0. The van der Waals surface area contributed by atoms with Crippen LogP contribution in [0.15, 0.2) is 47.2 Å². The minimum Gasteiger partial charge on any atom is -0.355 e. The fourth-order valence-corrected chi connectivity index (χ4v) is 4.70. The number of aromatic nitrogens is 4. The van der Waals surface area contributed by atoms with E-state index in [1.807, 2.05) is 42.4 Å². The third-order valence-electron chi connectivity index (χ3n) is 5.51. The number of nitrogens with zero attached hydrogens (tertiary/aromatic N) is 7. The Bertz CT molecular complexity index is 936. The number of anilines is 2. The zero-order valence-electron chi connectivity index (χ0n) is 16.9. The first-order valence-electron chi connectivity index (χ1n) is 10.4. The summed E-state index contributed by atoms with van der Waals surface area (Å²) in [4.78, 5) is 20.6. The van der Waals surface area contributed by atoms with Crippen molar-refractivity contribution in [2.45, 2.75) is 6.54 Å². The fourth-order valence-electron chi connectivity index (χ4n) is 3.80. The third kappa shape index (κ3) is 4.41. The molecule has 0 spiro atoms. The number of thioether (sulfide) groups is 1. The van der Waals surface area contributed by atoms with E-state index in [-0.39, 0.29) is 0 Å². The molecule has 0 saturated carbocycles. The molecule has 3 aromatic rings. The van der Waals surface area contributed by atoms with E-state index in [1.165, 1.54) is 0 Å². The van der Waals surface area contributed by atoms with E-state index in [0.29, 0.717) is 18.3 Å². The summed E-state index contributed by atoms with van der Waals surface area (Å²) in [6, 6.07) is 10.1. The van der Waals surface area contributed by atoms with E-state index < -0.39 is 0 Å². The Morgan fingerprint density at radius 3 is 2.40 bits per heavy atom. The van der Waals surface area contributed by atoms with Crippen LogP contribution in [0.25, 0.3) is 11.4 Å². The number of hydrogen-bond donors (Lipinski definition) is 0. The standard InChI is InChI=1S/C21H25N7OS/c1-2-6-22-18(3-1)27-9-7-26(8-10-27)16-20-24-21(25-29-20)17-4-5-19(23-15-17)28-11-13-30-14-12-28/h1-6,15H,7-14,16H2. The predicted octanol–water partition coefficient (Wildman–Crippen LogP) is 2.40. The van der Waals surface area contributed by atoms with Crippen LogP contribution in [0.4, 0.5) is 11.6 Å². The van der Waals surface area contributed by atoms with Crippen molar-refractivity contribution in [2.75, 3.05) is 60.6 Å². The largest absolute Gasteiger partial charge is 0.355 e. The SMILES string of the molecule is c1ccc(N2CCN(Cc3nc(-c4ccc(N5CCSCC5)nc4)no3)CC2)nc1. The van der Waals surface area contributed by atoms with Gasteiger partial charge in [-0.3, -0.25) is 4.90 Å². The minimum atomic E-state index is 0.602. The van der Waals surface area contributed by atoms with Gasteiger partial charge in [-0.15, -0.1) is 0 Å². The lowest BCUT2D eigenvalue weighted by Crippen LogP contribution is -2.46. The number of hydrogen-bond acceptors (Lipinski definition) is 9. The molecule has 30 heavy (non-hydrogen) atoms. The molecule has 0 amide bonds. The topological polar surface area (TPSA) is 74.4 Å². The Labute approximate surface area is 180 Å².